The van der Waals surface area contributed by atoms with Gasteiger partial charge in [-0.15, -0.1) is 11.3 Å². The molecule has 0 radical (unpaired) electrons. The predicted molar refractivity (Wildman–Crippen MR) is 89.0 cm³/mol. The van der Waals surface area contributed by atoms with Gasteiger partial charge in [-0.05, 0) is 6.07 Å². The number of halogens is 1. The molecule has 112 valence electrons. The van der Waals surface area contributed by atoms with Gasteiger partial charge < -0.3 is 4.90 Å². The van der Waals surface area contributed by atoms with Crippen LogP contribution >= 0.6 is 22.9 Å². The molecule has 0 unspecified atom stereocenters. The Kier molecular flexibility index (Phi) is 4.48. The number of nitrogens with zero attached hydrogens (tertiary/aromatic N) is 2. The molecule has 1 aromatic carbocycles. The Morgan fingerprint density at radius 2 is 1.95 bits per heavy atom. The Bertz CT molecular complexity index is 647. The fourth-order valence-electron chi connectivity index (χ4n) is 2.75. The SMILES string of the molecule is CCC(=O)N1CCN(Cc2sc3ccccc3c2Cl)CC1. The average Bonchev–Trinajstić information content (AvgIpc) is 2.84. The van der Waals surface area contributed by atoms with Gasteiger partial charge in [0.25, 0.3) is 0 Å². The lowest BCUT2D eigenvalue weighted by Gasteiger charge is -2.34. The summed E-state index contributed by atoms with van der Waals surface area (Å²) in [5.41, 5.74) is 0. The number of rotatable bonds is 3. The van der Waals surface area contributed by atoms with Gasteiger partial charge in [0, 0.05) is 54.1 Å². The first-order valence-corrected chi connectivity index (χ1v) is 8.54. The van der Waals surface area contributed by atoms with Crippen molar-refractivity contribution >= 4 is 38.9 Å². The smallest absolute Gasteiger partial charge is 0.222 e. The van der Waals surface area contributed by atoms with E-state index in [1.54, 1.807) is 11.3 Å². The molecular formula is C16H19ClN2OS. The number of carbonyl (C=O) groups excluding carboxylic acids is 1. The van der Waals surface area contributed by atoms with Crippen LogP contribution in [-0.2, 0) is 11.3 Å². The number of fused-ring (bicyclic) bond motifs is 1. The van der Waals surface area contributed by atoms with Crippen LogP contribution in [0, 0.1) is 0 Å². The number of benzene rings is 1. The molecule has 0 saturated carbocycles. The maximum atomic E-state index is 11.7. The maximum absolute atomic E-state index is 11.7. The van der Waals surface area contributed by atoms with Crippen LogP contribution in [0.4, 0.5) is 0 Å². The molecule has 1 aromatic heterocycles. The highest BCUT2D eigenvalue weighted by Crippen LogP contribution is 2.35. The third-order valence-corrected chi connectivity index (χ3v) is 5.70. The number of hydrogen-bond donors (Lipinski definition) is 0. The van der Waals surface area contributed by atoms with E-state index < -0.39 is 0 Å². The summed E-state index contributed by atoms with van der Waals surface area (Å²) in [6.45, 7) is 6.31. The van der Waals surface area contributed by atoms with Crippen LogP contribution in [0.3, 0.4) is 0 Å². The zero-order valence-electron chi connectivity index (χ0n) is 12.1. The van der Waals surface area contributed by atoms with E-state index in [1.165, 1.54) is 9.58 Å². The monoisotopic (exact) mass is 322 g/mol. The molecule has 3 rings (SSSR count). The Hall–Kier alpha value is -1.10. The van der Waals surface area contributed by atoms with Crippen LogP contribution < -0.4 is 0 Å². The van der Waals surface area contributed by atoms with Gasteiger partial charge >= 0.3 is 0 Å². The fourth-order valence-corrected chi connectivity index (χ4v) is 4.28. The summed E-state index contributed by atoms with van der Waals surface area (Å²) in [6.07, 6.45) is 0.599. The molecule has 1 aliphatic heterocycles. The Balaban J connectivity index is 1.67. The Morgan fingerprint density at radius 3 is 2.62 bits per heavy atom. The highest BCUT2D eigenvalue weighted by molar-refractivity contribution is 7.19. The van der Waals surface area contributed by atoms with Gasteiger partial charge in [0.2, 0.25) is 5.91 Å². The highest BCUT2D eigenvalue weighted by Gasteiger charge is 2.21. The number of carbonyl (C=O) groups is 1. The molecule has 5 heteroatoms. The van der Waals surface area contributed by atoms with Crippen molar-refractivity contribution in [1.82, 2.24) is 9.80 Å². The number of thiophene rings is 1. The topological polar surface area (TPSA) is 23.6 Å². The summed E-state index contributed by atoms with van der Waals surface area (Å²) in [7, 11) is 0. The molecule has 2 heterocycles. The third kappa shape index (κ3) is 3.07. The summed E-state index contributed by atoms with van der Waals surface area (Å²) in [6, 6.07) is 8.27. The molecule has 0 N–H and O–H groups in total. The van der Waals surface area contributed by atoms with Crippen molar-refractivity contribution in [3.05, 3.63) is 34.2 Å². The molecule has 1 fully saturated rings. The van der Waals surface area contributed by atoms with Crippen LogP contribution in [0.2, 0.25) is 5.02 Å². The molecule has 0 bridgehead atoms. The molecule has 1 amide bonds. The minimum Gasteiger partial charge on any atom is -0.340 e. The Morgan fingerprint density at radius 1 is 1.24 bits per heavy atom. The second-order valence-corrected chi connectivity index (χ2v) is 6.86. The number of hydrogen-bond acceptors (Lipinski definition) is 3. The predicted octanol–water partition coefficient (Wildman–Crippen LogP) is 3.61. The number of amides is 1. The fraction of sp³-hybridized carbons (Fsp3) is 0.438. The lowest BCUT2D eigenvalue weighted by molar-refractivity contribution is -0.132. The first-order valence-electron chi connectivity index (χ1n) is 7.35. The molecule has 2 aromatic rings. The zero-order chi connectivity index (χ0) is 14.8. The summed E-state index contributed by atoms with van der Waals surface area (Å²) < 4.78 is 1.25. The Labute approximate surface area is 134 Å². The van der Waals surface area contributed by atoms with Gasteiger partial charge in [-0.2, -0.15) is 0 Å². The van der Waals surface area contributed by atoms with E-state index in [4.69, 9.17) is 11.6 Å². The van der Waals surface area contributed by atoms with Crippen LogP contribution in [0.5, 0.6) is 0 Å². The standard InChI is InChI=1S/C16H19ClN2OS/c1-2-15(20)19-9-7-18(8-10-19)11-14-16(17)12-5-3-4-6-13(12)21-14/h3-6H,2,7-11H2,1H3. The molecule has 21 heavy (non-hydrogen) atoms. The molecule has 0 atom stereocenters. The minimum absolute atomic E-state index is 0.259. The normalized spacial score (nSPS) is 16.6. The summed E-state index contributed by atoms with van der Waals surface area (Å²) in [5, 5.41) is 2.04. The molecule has 0 spiro atoms. The quantitative estimate of drug-likeness (QED) is 0.862. The molecular weight excluding hydrogens is 304 g/mol. The van der Waals surface area contributed by atoms with E-state index in [0.717, 1.165) is 43.1 Å². The van der Waals surface area contributed by atoms with E-state index in [2.05, 4.69) is 17.0 Å². The largest absolute Gasteiger partial charge is 0.340 e. The minimum atomic E-state index is 0.259. The summed E-state index contributed by atoms with van der Waals surface area (Å²) in [4.78, 5) is 17.3. The van der Waals surface area contributed by atoms with Crippen LogP contribution in [0.15, 0.2) is 24.3 Å². The van der Waals surface area contributed by atoms with Crippen molar-refractivity contribution in [2.75, 3.05) is 26.2 Å². The third-order valence-electron chi connectivity index (χ3n) is 4.00. The second kappa shape index (κ2) is 6.34. The average molecular weight is 323 g/mol. The first-order chi connectivity index (χ1) is 10.2. The van der Waals surface area contributed by atoms with E-state index in [9.17, 15) is 4.79 Å². The zero-order valence-corrected chi connectivity index (χ0v) is 13.7. The van der Waals surface area contributed by atoms with E-state index >= 15 is 0 Å². The summed E-state index contributed by atoms with van der Waals surface area (Å²) in [5.74, 6) is 0.259. The van der Waals surface area contributed by atoms with Crippen LogP contribution in [0.25, 0.3) is 10.1 Å². The van der Waals surface area contributed by atoms with Crippen molar-refractivity contribution in [3.63, 3.8) is 0 Å². The van der Waals surface area contributed by atoms with Crippen molar-refractivity contribution in [2.24, 2.45) is 0 Å². The molecule has 1 aliphatic rings. The van der Waals surface area contributed by atoms with Crippen molar-refractivity contribution in [1.29, 1.82) is 0 Å². The maximum Gasteiger partial charge on any atom is 0.222 e. The van der Waals surface area contributed by atoms with E-state index in [-0.39, 0.29) is 5.91 Å². The molecule has 1 saturated heterocycles. The molecule has 3 nitrogen and oxygen atoms in total. The lowest BCUT2D eigenvalue weighted by Crippen LogP contribution is -2.48. The van der Waals surface area contributed by atoms with Crippen molar-refractivity contribution in [2.45, 2.75) is 19.9 Å². The second-order valence-electron chi connectivity index (χ2n) is 5.35. The first kappa shape index (κ1) is 14.8. The number of piperazine rings is 1. The summed E-state index contributed by atoms with van der Waals surface area (Å²) >= 11 is 8.27. The van der Waals surface area contributed by atoms with Gasteiger partial charge in [0.1, 0.15) is 0 Å². The van der Waals surface area contributed by atoms with Crippen molar-refractivity contribution in [3.8, 4) is 0 Å². The van der Waals surface area contributed by atoms with Gasteiger partial charge in [-0.3, -0.25) is 9.69 Å². The van der Waals surface area contributed by atoms with Gasteiger partial charge in [0.05, 0.1) is 5.02 Å². The van der Waals surface area contributed by atoms with E-state index in [1.807, 2.05) is 24.0 Å². The van der Waals surface area contributed by atoms with Gasteiger partial charge in [-0.1, -0.05) is 36.7 Å². The van der Waals surface area contributed by atoms with Gasteiger partial charge in [0.15, 0.2) is 0 Å². The lowest BCUT2D eigenvalue weighted by atomic mass is 10.2. The van der Waals surface area contributed by atoms with E-state index in [0.29, 0.717) is 6.42 Å². The highest BCUT2D eigenvalue weighted by atomic mass is 35.5. The van der Waals surface area contributed by atoms with Gasteiger partial charge in [-0.25, -0.2) is 0 Å². The van der Waals surface area contributed by atoms with Crippen molar-refractivity contribution < 1.29 is 4.79 Å². The van der Waals surface area contributed by atoms with Crippen LogP contribution in [0.1, 0.15) is 18.2 Å². The van der Waals surface area contributed by atoms with Crippen LogP contribution in [-0.4, -0.2) is 41.9 Å². The molecule has 0 aliphatic carbocycles.